The lowest BCUT2D eigenvalue weighted by Crippen LogP contribution is -1.97. The average Bonchev–Trinajstić information content (AvgIpc) is 2.58. The highest BCUT2D eigenvalue weighted by molar-refractivity contribution is 6.35. The molecule has 0 atom stereocenters. The lowest BCUT2D eigenvalue weighted by atomic mass is 10.2. The fourth-order valence-electron chi connectivity index (χ4n) is 1.82. The molecule has 0 spiro atoms. The number of hydrogen-bond acceptors (Lipinski definition) is 2. The normalized spacial score (nSPS) is 10.6. The number of halogens is 1. The number of imidazole rings is 1. The van der Waals surface area contributed by atoms with Gasteiger partial charge in [0, 0.05) is 19.9 Å². The van der Waals surface area contributed by atoms with E-state index in [4.69, 9.17) is 16.9 Å². The maximum atomic E-state index is 8.50. The first-order valence-electron chi connectivity index (χ1n) is 5.21. The molecule has 0 amide bonds. The number of fused-ring (bicyclic) bond motifs is 1. The molecule has 0 aliphatic heterocycles. The second-order valence-corrected chi connectivity index (χ2v) is 4.11. The minimum Gasteiger partial charge on any atom is -0.330 e. The smallest absolute Gasteiger partial charge is 0.109 e. The molecule has 0 radical (unpaired) electrons. The topological polar surface area (TPSA) is 41.6 Å². The fourth-order valence-corrected chi connectivity index (χ4v) is 2.11. The molecule has 4 heteroatoms. The van der Waals surface area contributed by atoms with Crippen LogP contribution in [-0.2, 0) is 13.5 Å². The molecule has 3 nitrogen and oxygen atoms in total. The summed E-state index contributed by atoms with van der Waals surface area (Å²) in [7, 11) is 1.96. The Morgan fingerprint density at radius 1 is 1.50 bits per heavy atom. The van der Waals surface area contributed by atoms with Crippen LogP contribution in [0.4, 0.5) is 0 Å². The van der Waals surface area contributed by atoms with Crippen molar-refractivity contribution in [3.8, 4) is 6.07 Å². The Balaban J connectivity index is 2.37. The van der Waals surface area contributed by atoms with Gasteiger partial charge in [0.15, 0.2) is 0 Å². The molecule has 1 aromatic carbocycles. The predicted molar refractivity (Wildman–Crippen MR) is 64.3 cm³/mol. The number of benzene rings is 1. The Hall–Kier alpha value is -1.53. The van der Waals surface area contributed by atoms with Crippen molar-refractivity contribution in [1.82, 2.24) is 9.55 Å². The Morgan fingerprint density at radius 2 is 2.31 bits per heavy atom. The summed E-state index contributed by atoms with van der Waals surface area (Å²) in [6, 6.07) is 7.86. The van der Waals surface area contributed by atoms with Gasteiger partial charge in [-0.05, 0) is 18.6 Å². The first kappa shape index (κ1) is 11.0. The standard InChI is InChI=1S/C12H12ClN3/c1-16-11(7-2-3-8-14)15-10-6-4-5-9(13)12(10)16/h4-6H,2-3,7H2,1H3. The summed E-state index contributed by atoms with van der Waals surface area (Å²) in [4.78, 5) is 4.51. The van der Waals surface area contributed by atoms with E-state index in [1.54, 1.807) is 0 Å². The van der Waals surface area contributed by atoms with Crippen molar-refractivity contribution in [3.63, 3.8) is 0 Å². The molecule has 0 fully saturated rings. The maximum Gasteiger partial charge on any atom is 0.109 e. The molecule has 0 aliphatic rings. The Kier molecular flexibility index (Phi) is 3.12. The number of rotatable bonds is 3. The third-order valence-electron chi connectivity index (χ3n) is 2.63. The van der Waals surface area contributed by atoms with Gasteiger partial charge < -0.3 is 4.57 Å². The van der Waals surface area contributed by atoms with Crippen LogP contribution in [0.1, 0.15) is 18.7 Å². The molecular weight excluding hydrogens is 222 g/mol. The number of nitrogens with zero attached hydrogens (tertiary/aromatic N) is 3. The molecular formula is C12H12ClN3. The first-order valence-corrected chi connectivity index (χ1v) is 5.58. The van der Waals surface area contributed by atoms with Gasteiger partial charge >= 0.3 is 0 Å². The van der Waals surface area contributed by atoms with Gasteiger partial charge in [-0.2, -0.15) is 5.26 Å². The van der Waals surface area contributed by atoms with E-state index in [1.165, 1.54) is 0 Å². The molecule has 2 aromatic rings. The second kappa shape index (κ2) is 4.54. The summed E-state index contributed by atoms with van der Waals surface area (Å²) in [6.45, 7) is 0. The van der Waals surface area contributed by atoms with Crippen LogP contribution in [0.2, 0.25) is 5.02 Å². The predicted octanol–water partition coefficient (Wildman–Crippen LogP) is 3.07. The van der Waals surface area contributed by atoms with E-state index in [2.05, 4.69) is 11.1 Å². The Labute approximate surface area is 99.3 Å². The van der Waals surface area contributed by atoms with Gasteiger partial charge in [-0.25, -0.2) is 4.98 Å². The average molecular weight is 234 g/mol. The summed E-state index contributed by atoms with van der Waals surface area (Å²) >= 11 is 6.12. The molecule has 1 aromatic heterocycles. The molecule has 0 saturated carbocycles. The van der Waals surface area contributed by atoms with Gasteiger partial charge in [-0.15, -0.1) is 0 Å². The highest BCUT2D eigenvalue weighted by Gasteiger charge is 2.09. The van der Waals surface area contributed by atoms with Gasteiger partial charge in [0.2, 0.25) is 0 Å². The second-order valence-electron chi connectivity index (χ2n) is 3.71. The molecule has 1 heterocycles. The molecule has 0 N–H and O–H groups in total. The van der Waals surface area contributed by atoms with E-state index >= 15 is 0 Å². The molecule has 82 valence electrons. The van der Waals surface area contributed by atoms with Crippen LogP contribution in [-0.4, -0.2) is 9.55 Å². The highest BCUT2D eigenvalue weighted by Crippen LogP contribution is 2.23. The highest BCUT2D eigenvalue weighted by atomic mass is 35.5. The third-order valence-corrected chi connectivity index (χ3v) is 2.93. The van der Waals surface area contributed by atoms with Gasteiger partial charge in [0.1, 0.15) is 5.82 Å². The summed E-state index contributed by atoms with van der Waals surface area (Å²) < 4.78 is 2.01. The number of unbranched alkanes of at least 4 members (excludes halogenated alkanes) is 1. The number of nitriles is 1. The first-order chi connectivity index (χ1) is 7.74. The number of aromatic nitrogens is 2. The van der Waals surface area contributed by atoms with Crippen LogP contribution in [0.25, 0.3) is 11.0 Å². The van der Waals surface area contributed by atoms with Crippen molar-refractivity contribution in [2.75, 3.05) is 0 Å². The minimum absolute atomic E-state index is 0.566. The van der Waals surface area contributed by atoms with Gasteiger partial charge in [-0.1, -0.05) is 17.7 Å². The quantitative estimate of drug-likeness (QED) is 0.765. The van der Waals surface area contributed by atoms with E-state index in [-0.39, 0.29) is 0 Å². The summed E-state index contributed by atoms with van der Waals surface area (Å²) in [6.07, 6.45) is 2.22. The largest absolute Gasteiger partial charge is 0.330 e. The summed E-state index contributed by atoms with van der Waals surface area (Å²) in [5.41, 5.74) is 1.89. The minimum atomic E-state index is 0.566. The van der Waals surface area contributed by atoms with Gasteiger partial charge in [-0.3, -0.25) is 0 Å². The summed E-state index contributed by atoms with van der Waals surface area (Å²) in [5.74, 6) is 0.985. The van der Waals surface area contributed by atoms with Crippen LogP contribution in [0.15, 0.2) is 18.2 Å². The monoisotopic (exact) mass is 233 g/mol. The number of para-hydroxylation sites is 1. The van der Waals surface area contributed by atoms with E-state index in [0.29, 0.717) is 6.42 Å². The Morgan fingerprint density at radius 3 is 3.00 bits per heavy atom. The van der Waals surface area contributed by atoms with Crippen molar-refractivity contribution < 1.29 is 0 Å². The molecule has 0 aliphatic carbocycles. The van der Waals surface area contributed by atoms with Gasteiger partial charge in [0.25, 0.3) is 0 Å². The zero-order valence-corrected chi connectivity index (χ0v) is 9.83. The van der Waals surface area contributed by atoms with Crippen molar-refractivity contribution >= 4 is 22.6 Å². The van der Waals surface area contributed by atoms with Crippen molar-refractivity contribution in [3.05, 3.63) is 29.0 Å². The van der Waals surface area contributed by atoms with Crippen LogP contribution < -0.4 is 0 Å². The molecule has 16 heavy (non-hydrogen) atoms. The van der Waals surface area contributed by atoms with Crippen molar-refractivity contribution in [2.24, 2.45) is 7.05 Å². The van der Waals surface area contributed by atoms with Crippen molar-refractivity contribution in [1.29, 1.82) is 5.26 Å². The molecule has 0 unspecified atom stereocenters. The fraction of sp³-hybridized carbons (Fsp3) is 0.333. The van der Waals surface area contributed by atoms with E-state index in [1.807, 2.05) is 29.8 Å². The SMILES string of the molecule is Cn1c(CCCC#N)nc2cccc(Cl)c21. The van der Waals surface area contributed by atoms with E-state index < -0.39 is 0 Å². The Bertz CT molecular complexity index is 551. The lowest BCUT2D eigenvalue weighted by molar-refractivity contribution is 0.746. The van der Waals surface area contributed by atoms with E-state index in [0.717, 1.165) is 34.7 Å². The van der Waals surface area contributed by atoms with Crippen molar-refractivity contribution in [2.45, 2.75) is 19.3 Å². The molecule has 0 saturated heterocycles. The molecule has 0 bridgehead atoms. The summed E-state index contributed by atoms with van der Waals surface area (Å²) in [5, 5.41) is 9.22. The molecule has 2 rings (SSSR count). The zero-order valence-electron chi connectivity index (χ0n) is 9.07. The van der Waals surface area contributed by atoms with E-state index in [9.17, 15) is 0 Å². The van der Waals surface area contributed by atoms with Gasteiger partial charge in [0.05, 0.1) is 22.1 Å². The third kappa shape index (κ3) is 1.89. The number of hydrogen-bond donors (Lipinski definition) is 0. The van der Waals surface area contributed by atoms with Crippen LogP contribution in [0.3, 0.4) is 0 Å². The number of aryl methyl sites for hydroxylation is 2. The van der Waals surface area contributed by atoms with Crippen LogP contribution in [0.5, 0.6) is 0 Å². The zero-order chi connectivity index (χ0) is 11.5. The maximum absolute atomic E-state index is 8.50. The van der Waals surface area contributed by atoms with Crippen LogP contribution >= 0.6 is 11.6 Å². The van der Waals surface area contributed by atoms with Crippen LogP contribution in [0, 0.1) is 11.3 Å². The lowest BCUT2D eigenvalue weighted by Gasteiger charge is -2.01.